The Morgan fingerprint density at radius 2 is 2.06 bits per heavy atom. The van der Waals surface area contributed by atoms with Crippen LogP contribution in [0.2, 0.25) is 5.02 Å². The number of halogens is 2. The summed E-state index contributed by atoms with van der Waals surface area (Å²) in [6.45, 7) is 0. The van der Waals surface area contributed by atoms with E-state index in [2.05, 4.69) is 20.9 Å². The summed E-state index contributed by atoms with van der Waals surface area (Å²) in [5.41, 5.74) is 6.24. The number of anilines is 1. The molecule has 0 bridgehead atoms. The highest BCUT2D eigenvalue weighted by Gasteiger charge is 2.07. The Morgan fingerprint density at radius 1 is 1.25 bits per heavy atom. The molecule has 2 rings (SSSR count). The Morgan fingerprint density at radius 3 is 2.69 bits per heavy atom. The van der Waals surface area contributed by atoms with Gasteiger partial charge in [-0.1, -0.05) is 17.7 Å². The lowest BCUT2D eigenvalue weighted by Gasteiger charge is -2.08. The second-order valence-corrected chi connectivity index (χ2v) is 4.40. The standard InChI is InChI=1S/C11H8BrClN2O/c12-7-4-5-10(15-6-7)16-11-8(13)2-1-3-9(11)14/h1-6H,14H2. The fourth-order valence-corrected chi connectivity index (χ4v) is 1.62. The summed E-state index contributed by atoms with van der Waals surface area (Å²) in [5, 5.41) is 0.463. The van der Waals surface area contributed by atoms with Crippen LogP contribution in [0.15, 0.2) is 41.0 Å². The van der Waals surface area contributed by atoms with E-state index in [0.29, 0.717) is 22.3 Å². The van der Waals surface area contributed by atoms with Crippen LogP contribution < -0.4 is 10.5 Å². The smallest absolute Gasteiger partial charge is 0.219 e. The van der Waals surface area contributed by atoms with Crippen molar-refractivity contribution in [1.29, 1.82) is 0 Å². The van der Waals surface area contributed by atoms with Crippen LogP contribution in [0.1, 0.15) is 0 Å². The number of pyridine rings is 1. The quantitative estimate of drug-likeness (QED) is 0.856. The van der Waals surface area contributed by atoms with Gasteiger partial charge in [0.05, 0.1) is 10.7 Å². The highest BCUT2D eigenvalue weighted by Crippen LogP contribution is 2.33. The second-order valence-electron chi connectivity index (χ2n) is 3.07. The number of hydrogen-bond donors (Lipinski definition) is 1. The molecule has 5 heteroatoms. The predicted octanol–water partition coefficient (Wildman–Crippen LogP) is 3.87. The zero-order chi connectivity index (χ0) is 11.5. The first-order valence-electron chi connectivity index (χ1n) is 4.50. The first-order valence-corrected chi connectivity index (χ1v) is 5.67. The van der Waals surface area contributed by atoms with Gasteiger partial charge in [0.1, 0.15) is 0 Å². The largest absolute Gasteiger partial charge is 0.435 e. The van der Waals surface area contributed by atoms with Gasteiger partial charge in [-0.05, 0) is 34.1 Å². The third kappa shape index (κ3) is 2.46. The van der Waals surface area contributed by atoms with E-state index in [1.165, 1.54) is 0 Å². The minimum absolute atomic E-state index is 0.430. The van der Waals surface area contributed by atoms with Gasteiger partial charge in [0.2, 0.25) is 5.88 Å². The first kappa shape index (κ1) is 11.2. The molecule has 1 aromatic heterocycles. The molecule has 0 radical (unpaired) electrons. The average Bonchev–Trinajstić information content (AvgIpc) is 2.26. The van der Waals surface area contributed by atoms with E-state index in [9.17, 15) is 0 Å². The van der Waals surface area contributed by atoms with Crippen molar-refractivity contribution in [2.45, 2.75) is 0 Å². The van der Waals surface area contributed by atoms with Crippen molar-refractivity contribution in [2.75, 3.05) is 5.73 Å². The minimum Gasteiger partial charge on any atom is -0.435 e. The number of nitrogens with two attached hydrogens (primary N) is 1. The number of aromatic nitrogens is 1. The van der Waals surface area contributed by atoms with Crippen LogP contribution >= 0.6 is 27.5 Å². The number of ether oxygens (including phenoxy) is 1. The molecule has 2 aromatic rings. The lowest BCUT2D eigenvalue weighted by Crippen LogP contribution is -1.93. The van der Waals surface area contributed by atoms with Crippen LogP contribution in [0, 0.1) is 0 Å². The summed E-state index contributed by atoms with van der Waals surface area (Å²) in [6.07, 6.45) is 1.64. The van der Waals surface area contributed by atoms with Crippen LogP contribution in [-0.4, -0.2) is 4.98 Å². The SMILES string of the molecule is Nc1cccc(Cl)c1Oc1ccc(Br)cn1. The van der Waals surface area contributed by atoms with Crippen molar-refractivity contribution in [3.63, 3.8) is 0 Å². The van der Waals surface area contributed by atoms with E-state index in [1.54, 1.807) is 30.5 Å². The summed E-state index contributed by atoms with van der Waals surface area (Å²) in [6, 6.07) is 8.76. The van der Waals surface area contributed by atoms with E-state index < -0.39 is 0 Å². The van der Waals surface area contributed by atoms with Gasteiger partial charge in [0.15, 0.2) is 5.75 Å². The van der Waals surface area contributed by atoms with Crippen LogP contribution in [0.5, 0.6) is 11.6 Å². The number of nitrogens with zero attached hydrogens (tertiary/aromatic N) is 1. The topological polar surface area (TPSA) is 48.1 Å². The van der Waals surface area contributed by atoms with Crippen molar-refractivity contribution in [1.82, 2.24) is 4.98 Å². The molecule has 0 amide bonds. The molecular formula is C11H8BrClN2O. The highest BCUT2D eigenvalue weighted by molar-refractivity contribution is 9.10. The zero-order valence-corrected chi connectivity index (χ0v) is 10.5. The Balaban J connectivity index is 2.30. The fourth-order valence-electron chi connectivity index (χ4n) is 1.16. The number of nitrogen functional groups attached to an aromatic ring is 1. The molecule has 0 fully saturated rings. The lowest BCUT2D eigenvalue weighted by molar-refractivity contribution is 0.465. The van der Waals surface area contributed by atoms with E-state index in [-0.39, 0.29) is 0 Å². The van der Waals surface area contributed by atoms with E-state index >= 15 is 0 Å². The van der Waals surface area contributed by atoms with Gasteiger partial charge < -0.3 is 10.5 Å². The summed E-state index contributed by atoms with van der Waals surface area (Å²) in [7, 11) is 0. The molecule has 0 aliphatic heterocycles. The zero-order valence-electron chi connectivity index (χ0n) is 8.15. The van der Waals surface area contributed by atoms with Crippen molar-refractivity contribution in [3.05, 3.63) is 46.0 Å². The summed E-state index contributed by atoms with van der Waals surface area (Å²) < 4.78 is 6.39. The molecule has 3 nitrogen and oxygen atoms in total. The monoisotopic (exact) mass is 298 g/mol. The maximum absolute atomic E-state index is 5.97. The van der Waals surface area contributed by atoms with Crippen molar-refractivity contribution in [3.8, 4) is 11.6 Å². The van der Waals surface area contributed by atoms with Crippen LogP contribution in [0.25, 0.3) is 0 Å². The Hall–Kier alpha value is -1.26. The molecule has 82 valence electrons. The van der Waals surface area contributed by atoms with Gasteiger partial charge >= 0.3 is 0 Å². The van der Waals surface area contributed by atoms with E-state index in [4.69, 9.17) is 22.1 Å². The molecule has 1 heterocycles. The Bertz CT molecular complexity index is 482. The first-order chi connectivity index (χ1) is 7.66. The molecule has 0 unspecified atom stereocenters. The van der Waals surface area contributed by atoms with Crippen molar-refractivity contribution >= 4 is 33.2 Å². The van der Waals surface area contributed by atoms with Crippen LogP contribution in [0.3, 0.4) is 0 Å². The summed E-state index contributed by atoms with van der Waals surface area (Å²) in [4.78, 5) is 4.07. The normalized spacial score (nSPS) is 10.1. The number of rotatable bonds is 2. The predicted molar refractivity (Wildman–Crippen MR) is 67.9 cm³/mol. The molecule has 0 aliphatic rings. The number of hydrogen-bond acceptors (Lipinski definition) is 3. The van der Waals surface area contributed by atoms with Gasteiger partial charge in [0, 0.05) is 16.7 Å². The molecule has 0 saturated heterocycles. The minimum atomic E-state index is 0.430. The third-order valence-corrected chi connectivity index (χ3v) is 2.67. The molecule has 16 heavy (non-hydrogen) atoms. The average molecular weight is 300 g/mol. The molecule has 0 spiro atoms. The second kappa shape index (κ2) is 4.72. The Labute approximate surface area is 106 Å². The number of benzene rings is 1. The molecule has 2 N–H and O–H groups in total. The fraction of sp³-hybridized carbons (Fsp3) is 0. The van der Waals surface area contributed by atoms with Crippen molar-refractivity contribution in [2.24, 2.45) is 0 Å². The highest BCUT2D eigenvalue weighted by atomic mass is 79.9. The molecule has 0 aliphatic carbocycles. The van der Waals surface area contributed by atoms with Gasteiger partial charge in [-0.2, -0.15) is 0 Å². The maximum atomic E-state index is 5.97. The van der Waals surface area contributed by atoms with Gasteiger partial charge in [-0.15, -0.1) is 0 Å². The summed E-state index contributed by atoms with van der Waals surface area (Å²) >= 11 is 9.26. The van der Waals surface area contributed by atoms with Gasteiger partial charge in [-0.25, -0.2) is 4.98 Å². The molecule has 1 aromatic carbocycles. The molecular weight excluding hydrogens is 291 g/mol. The third-order valence-electron chi connectivity index (χ3n) is 1.90. The van der Waals surface area contributed by atoms with E-state index in [1.807, 2.05) is 6.07 Å². The molecule has 0 atom stereocenters. The maximum Gasteiger partial charge on any atom is 0.219 e. The Kier molecular flexibility index (Phi) is 3.31. The lowest BCUT2D eigenvalue weighted by atomic mass is 10.3. The summed E-state index contributed by atoms with van der Waals surface area (Å²) in [5.74, 6) is 0.877. The van der Waals surface area contributed by atoms with Crippen LogP contribution in [-0.2, 0) is 0 Å². The molecule has 0 saturated carbocycles. The number of para-hydroxylation sites is 1. The van der Waals surface area contributed by atoms with Crippen molar-refractivity contribution < 1.29 is 4.74 Å². The van der Waals surface area contributed by atoms with Gasteiger partial charge in [-0.3, -0.25) is 0 Å². The van der Waals surface area contributed by atoms with Crippen LogP contribution in [0.4, 0.5) is 5.69 Å². The van der Waals surface area contributed by atoms with Gasteiger partial charge in [0.25, 0.3) is 0 Å². The van der Waals surface area contributed by atoms with E-state index in [0.717, 1.165) is 4.47 Å².